The minimum absolute atomic E-state index is 0.0189. The molecule has 0 saturated heterocycles. The zero-order chi connectivity index (χ0) is 17.8. The Morgan fingerprint density at radius 1 is 1.24 bits per heavy atom. The number of amides is 2. The van der Waals surface area contributed by atoms with E-state index in [1.165, 1.54) is 40.5 Å². The van der Waals surface area contributed by atoms with Crippen LogP contribution in [-0.2, 0) is 18.3 Å². The van der Waals surface area contributed by atoms with Crippen LogP contribution in [0.1, 0.15) is 16.1 Å². The molecule has 0 radical (unpaired) electrons. The molecule has 0 atom stereocenters. The number of nitrogens with zero attached hydrogens (tertiary/aromatic N) is 3. The molecule has 2 aromatic heterocycles. The number of carbonyl (C=O) groups excluding carboxylic acids is 2. The van der Waals surface area contributed by atoms with Gasteiger partial charge in [-0.25, -0.2) is 9.37 Å². The van der Waals surface area contributed by atoms with E-state index in [1.54, 1.807) is 24.6 Å². The maximum Gasteiger partial charge on any atom is 0.272 e. The Morgan fingerprint density at radius 2 is 2.00 bits per heavy atom. The number of aromatic nitrogens is 3. The molecule has 2 N–H and O–H groups in total. The Kier molecular flexibility index (Phi) is 4.85. The first-order valence-corrected chi connectivity index (χ1v) is 8.17. The van der Waals surface area contributed by atoms with E-state index in [-0.39, 0.29) is 12.2 Å². The van der Waals surface area contributed by atoms with Gasteiger partial charge in [-0.2, -0.15) is 5.10 Å². The van der Waals surface area contributed by atoms with E-state index in [0.717, 1.165) is 5.56 Å². The molecule has 2 heterocycles. The highest BCUT2D eigenvalue weighted by Gasteiger charge is 2.12. The topological polar surface area (TPSA) is 88.9 Å². The van der Waals surface area contributed by atoms with Crippen LogP contribution in [-0.4, -0.2) is 26.6 Å². The molecule has 1 aromatic carbocycles. The number of nitrogens with one attached hydrogen (secondary N) is 2. The average molecular weight is 359 g/mol. The third-order valence-electron chi connectivity index (χ3n) is 3.27. The van der Waals surface area contributed by atoms with Crippen molar-refractivity contribution in [3.05, 3.63) is 59.1 Å². The molecular weight excluding hydrogens is 345 g/mol. The fourth-order valence-electron chi connectivity index (χ4n) is 2.06. The number of benzene rings is 1. The van der Waals surface area contributed by atoms with E-state index >= 15 is 0 Å². The lowest BCUT2D eigenvalue weighted by Gasteiger charge is -2.04. The summed E-state index contributed by atoms with van der Waals surface area (Å²) in [5.74, 6) is -1.16. The van der Waals surface area contributed by atoms with Crippen molar-refractivity contribution in [2.24, 2.45) is 7.05 Å². The number of hydrogen-bond acceptors (Lipinski definition) is 5. The summed E-state index contributed by atoms with van der Waals surface area (Å²) in [6, 6.07) is 5.98. The van der Waals surface area contributed by atoms with Crippen molar-refractivity contribution < 1.29 is 14.0 Å². The second-order valence-corrected chi connectivity index (χ2v) is 6.09. The summed E-state index contributed by atoms with van der Waals surface area (Å²) in [5, 5.41) is 6.33. The molecule has 0 spiro atoms. The molecule has 0 aliphatic rings. The Hall–Kier alpha value is -3.07. The highest BCUT2D eigenvalue weighted by atomic mass is 32.1. The van der Waals surface area contributed by atoms with Gasteiger partial charge in [0.1, 0.15) is 10.8 Å². The lowest BCUT2D eigenvalue weighted by atomic mass is 10.2. The zero-order valence-corrected chi connectivity index (χ0v) is 14.0. The summed E-state index contributed by atoms with van der Waals surface area (Å²) in [4.78, 5) is 28.1. The monoisotopic (exact) mass is 359 g/mol. The van der Waals surface area contributed by atoms with E-state index < -0.39 is 11.8 Å². The summed E-state index contributed by atoms with van der Waals surface area (Å²) in [5.41, 5.74) is 6.34. The molecule has 0 fully saturated rings. The molecule has 7 nitrogen and oxygen atoms in total. The van der Waals surface area contributed by atoms with Gasteiger partial charge >= 0.3 is 0 Å². The Labute approximate surface area is 146 Å². The largest absolute Gasteiger partial charge is 0.275 e. The van der Waals surface area contributed by atoms with Gasteiger partial charge in [-0.05, 0) is 24.3 Å². The molecule has 128 valence electrons. The third kappa shape index (κ3) is 4.27. The van der Waals surface area contributed by atoms with Crippen molar-refractivity contribution >= 4 is 23.2 Å². The van der Waals surface area contributed by atoms with Gasteiger partial charge in [0.15, 0.2) is 0 Å². The van der Waals surface area contributed by atoms with Crippen LogP contribution in [0.15, 0.2) is 42.0 Å². The van der Waals surface area contributed by atoms with Gasteiger partial charge in [0, 0.05) is 24.2 Å². The number of halogens is 1. The van der Waals surface area contributed by atoms with Crippen molar-refractivity contribution in [2.45, 2.75) is 6.42 Å². The summed E-state index contributed by atoms with van der Waals surface area (Å²) < 4.78 is 14.4. The van der Waals surface area contributed by atoms with Crippen LogP contribution in [0.5, 0.6) is 0 Å². The van der Waals surface area contributed by atoms with E-state index in [2.05, 4.69) is 20.9 Å². The number of hydrogen-bond donors (Lipinski definition) is 2. The molecule has 0 bridgehead atoms. The van der Waals surface area contributed by atoms with Crippen molar-refractivity contribution in [1.29, 1.82) is 0 Å². The first-order valence-electron chi connectivity index (χ1n) is 7.29. The molecule has 3 aromatic rings. The smallest absolute Gasteiger partial charge is 0.272 e. The first-order chi connectivity index (χ1) is 12.0. The molecule has 0 saturated carbocycles. The molecule has 0 unspecified atom stereocenters. The van der Waals surface area contributed by atoms with Gasteiger partial charge in [-0.3, -0.25) is 25.1 Å². The lowest BCUT2D eigenvalue weighted by Crippen LogP contribution is -2.42. The standard InChI is InChI=1S/C16H14FN5O2S/c1-22-8-11(7-18-22)15(24)21-20-14(23)6-13-9-25-16(19-13)10-2-4-12(17)5-3-10/h2-5,7-9H,6H2,1H3,(H,20,23)(H,21,24). The summed E-state index contributed by atoms with van der Waals surface area (Å²) in [6.45, 7) is 0. The van der Waals surface area contributed by atoms with Crippen LogP contribution in [0.4, 0.5) is 4.39 Å². The highest BCUT2D eigenvalue weighted by molar-refractivity contribution is 7.13. The number of rotatable bonds is 4. The second kappa shape index (κ2) is 7.22. The number of aryl methyl sites for hydroxylation is 1. The summed E-state index contributed by atoms with van der Waals surface area (Å²) >= 11 is 1.36. The number of thiazole rings is 1. The minimum atomic E-state index is -0.452. The highest BCUT2D eigenvalue weighted by Crippen LogP contribution is 2.23. The van der Waals surface area contributed by atoms with Crippen LogP contribution >= 0.6 is 11.3 Å². The van der Waals surface area contributed by atoms with Gasteiger partial charge in [-0.15, -0.1) is 11.3 Å². The van der Waals surface area contributed by atoms with E-state index in [4.69, 9.17) is 0 Å². The van der Waals surface area contributed by atoms with E-state index in [1.807, 2.05) is 0 Å². The fourth-order valence-corrected chi connectivity index (χ4v) is 2.88. The zero-order valence-electron chi connectivity index (χ0n) is 13.2. The molecule has 25 heavy (non-hydrogen) atoms. The van der Waals surface area contributed by atoms with Crippen molar-refractivity contribution in [1.82, 2.24) is 25.6 Å². The summed E-state index contributed by atoms with van der Waals surface area (Å²) in [7, 11) is 1.69. The minimum Gasteiger partial charge on any atom is -0.275 e. The quantitative estimate of drug-likeness (QED) is 0.694. The normalized spacial score (nSPS) is 10.5. The van der Waals surface area contributed by atoms with Gasteiger partial charge in [-0.1, -0.05) is 0 Å². The van der Waals surface area contributed by atoms with Gasteiger partial charge in [0.05, 0.1) is 23.9 Å². The number of carbonyl (C=O) groups is 2. The SMILES string of the molecule is Cn1cc(C(=O)NNC(=O)Cc2csc(-c3ccc(F)cc3)n2)cn1. The third-order valence-corrected chi connectivity index (χ3v) is 4.21. The Balaban J connectivity index is 1.55. The van der Waals surface area contributed by atoms with E-state index in [9.17, 15) is 14.0 Å². The Morgan fingerprint density at radius 3 is 2.68 bits per heavy atom. The lowest BCUT2D eigenvalue weighted by molar-refractivity contribution is -0.121. The van der Waals surface area contributed by atoms with Crippen molar-refractivity contribution in [3.8, 4) is 10.6 Å². The number of hydrazine groups is 1. The second-order valence-electron chi connectivity index (χ2n) is 5.23. The molecular formula is C16H14FN5O2S. The van der Waals surface area contributed by atoms with E-state index in [0.29, 0.717) is 16.3 Å². The van der Waals surface area contributed by atoms with Gasteiger partial charge < -0.3 is 0 Å². The predicted octanol–water partition coefficient (Wildman–Crippen LogP) is 1.69. The van der Waals surface area contributed by atoms with Gasteiger partial charge in [0.2, 0.25) is 5.91 Å². The predicted molar refractivity (Wildman–Crippen MR) is 90.0 cm³/mol. The fraction of sp³-hybridized carbons (Fsp3) is 0.125. The van der Waals surface area contributed by atoms with Crippen LogP contribution in [0.2, 0.25) is 0 Å². The van der Waals surface area contributed by atoms with Crippen LogP contribution in [0.3, 0.4) is 0 Å². The van der Waals surface area contributed by atoms with Crippen molar-refractivity contribution in [3.63, 3.8) is 0 Å². The summed E-state index contributed by atoms with van der Waals surface area (Å²) in [6.07, 6.45) is 2.96. The molecule has 9 heteroatoms. The van der Waals surface area contributed by atoms with Crippen LogP contribution in [0, 0.1) is 5.82 Å². The van der Waals surface area contributed by atoms with Crippen LogP contribution < -0.4 is 10.9 Å². The molecule has 2 amide bonds. The van der Waals surface area contributed by atoms with Crippen molar-refractivity contribution in [2.75, 3.05) is 0 Å². The molecule has 0 aliphatic carbocycles. The molecule has 3 rings (SSSR count). The first kappa shape index (κ1) is 16.8. The average Bonchev–Trinajstić information content (AvgIpc) is 3.22. The maximum atomic E-state index is 12.9. The Bertz CT molecular complexity index is 903. The van der Waals surface area contributed by atoms with Gasteiger partial charge in [0.25, 0.3) is 5.91 Å². The maximum absolute atomic E-state index is 12.9. The van der Waals surface area contributed by atoms with Crippen LogP contribution in [0.25, 0.3) is 10.6 Å². The molecule has 0 aliphatic heterocycles.